The molecule has 1 aromatic carbocycles. The molecule has 1 unspecified atom stereocenters. The summed E-state index contributed by atoms with van der Waals surface area (Å²) in [5, 5.41) is 12.2. The Balaban J connectivity index is 2.76. The zero-order valence-corrected chi connectivity index (χ0v) is 11.7. The van der Waals surface area contributed by atoms with Crippen LogP contribution in [0.2, 0.25) is 0 Å². The molecule has 5 heteroatoms. The van der Waals surface area contributed by atoms with Crippen LogP contribution in [0.5, 0.6) is 5.75 Å². The number of nitrogens with one attached hydrogen (secondary N) is 1. The third-order valence-corrected chi connectivity index (χ3v) is 2.75. The first kappa shape index (κ1) is 15.4. The summed E-state index contributed by atoms with van der Waals surface area (Å²) in [6, 6.07) is 4.47. The molecule has 0 amide bonds. The van der Waals surface area contributed by atoms with Gasteiger partial charge in [-0.3, -0.25) is 10.1 Å². The van der Waals surface area contributed by atoms with Gasteiger partial charge in [0.1, 0.15) is 23.7 Å². The summed E-state index contributed by atoms with van der Waals surface area (Å²) in [4.78, 5) is 11.3. The van der Waals surface area contributed by atoms with E-state index in [-0.39, 0.29) is 18.5 Å². The van der Waals surface area contributed by atoms with Crippen LogP contribution in [0.4, 0.5) is 4.39 Å². The number of benzene rings is 1. The molecule has 106 valence electrons. The molecule has 1 aromatic rings. The number of ether oxygens (including phenoxy) is 1. The van der Waals surface area contributed by atoms with Gasteiger partial charge in [0.15, 0.2) is 0 Å². The van der Waals surface area contributed by atoms with Crippen molar-refractivity contribution in [2.75, 3.05) is 6.61 Å². The summed E-state index contributed by atoms with van der Waals surface area (Å²) in [5.74, 6) is -1.05. The highest BCUT2D eigenvalue weighted by Crippen LogP contribution is 2.17. The van der Waals surface area contributed by atoms with Gasteiger partial charge in [-0.1, -0.05) is 6.07 Å². The van der Waals surface area contributed by atoms with Crippen LogP contribution in [0.1, 0.15) is 26.3 Å². The lowest BCUT2D eigenvalue weighted by atomic mass is 10.0. The zero-order valence-electron chi connectivity index (χ0n) is 11.7. The van der Waals surface area contributed by atoms with E-state index in [9.17, 15) is 14.3 Å². The largest absolute Gasteiger partial charge is 0.491 e. The number of rotatable bonds is 6. The van der Waals surface area contributed by atoms with Crippen molar-refractivity contribution in [2.24, 2.45) is 0 Å². The number of halogens is 1. The number of aliphatic carboxylic acids is 1. The molecule has 0 heterocycles. The lowest BCUT2D eigenvalue weighted by Crippen LogP contribution is -2.56. The Bertz CT molecular complexity index is 462. The summed E-state index contributed by atoms with van der Waals surface area (Å²) >= 11 is 0. The van der Waals surface area contributed by atoms with Crippen LogP contribution in [0, 0.1) is 12.7 Å². The van der Waals surface area contributed by atoms with Crippen LogP contribution in [0.3, 0.4) is 0 Å². The van der Waals surface area contributed by atoms with E-state index in [0.717, 1.165) is 0 Å². The summed E-state index contributed by atoms with van der Waals surface area (Å²) in [6.07, 6.45) is 0. The lowest BCUT2D eigenvalue weighted by molar-refractivity contribution is -0.145. The fourth-order valence-electron chi connectivity index (χ4n) is 1.69. The van der Waals surface area contributed by atoms with Gasteiger partial charge in [-0.2, -0.15) is 0 Å². The van der Waals surface area contributed by atoms with Gasteiger partial charge < -0.3 is 9.84 Å². The first-order chi connectivity index (χ1) is 8.74. The van der Waals surface area contributed by atoms with Crippen molar-refractivity contribution in [3.8, 4) is 5.75 Å². The van der Waals surface area contributed by atoms with Crippen LogP contribution in [-0.2, 0) is 4.79 Å². The molecule has 0 spiro atoms. The van der Waals surface area contributed by atoms with Gasteiger partial charge >= 0.3 is 5.97 Å². The van der Waals surface area contributed by atoms with E-state index >= 15 is 0 Å². The Hall–Kier alpha value is -1.62. The Labute approximate surface area is 112 Å². The van der Waals surface area contributed by atoms with Crippen LogP contribution < -0.4 is 10.1 Å². The minimum absolute atomic E-state index is 0.000506. The first-order valence-corrected chi connectivity index (χ1v) is 6.14. The molecule has 2 N–H and O–H groups in total. The first-order valence-electron chi connectivity index (χ1n) is 6.14. The average Bonchev–Trinajstić information content (AvgIpc) is 2.29. The van der Waals surface area contributed by atoms with Gasteiger partial charge in [0.05, 0.1) is 0 Å². The number of carbonyl (C=O) groups is 1. The Kier molecular flexibility index (Phi) is 4.89. The second-order valence-corrected chi connectivity index (χ2v) is 5.14. The third-order valence-electron chi connectivity index (χ3n) is 2.75. The maximum absolute atomic E-state index is 13.4. The quantitative estimate of drug-likeness (QED) is 0.832. The second kappa shape index (κ2) is 6.02. The Morgan fingerprint density at radius 1 is 1.53 bits per heavy atom. The zero-order chi connectivity index (χ0) is 14.6. The molecule has 1 rings (SSSR count). The maximum atomic E-state index is 13.4. The molecule has 0 saturated heterocycles. The Morgan fingerprint density at radius 2 is 2.16 bits per heavy atom. The molecule has 0 fully saturated rings. The SMILES string of the molecule is Cc1ccc(OCC(C)(NC(C)C)C(=O)O)cc1F. The van der Waals surface area contributed by atoms with Gasteiger partial charge in [-0.15, -0.1) is 0 Å². The highest BCUT2D eigenvalue weighted by atomic mass is 19.1. The number of carboxylic acid groups (broad SMARTS) is 1. The van der Waals surface area contributed by atoms with E-state index in [1.165, 1.54) is 6.07 Å². The van der Waals surface area contributed by atoms with Crippen LogP contribution in [-0.4, -0.2) is 29.3 Å². The Morgan fingerprint density at radius 3 is 2.63 bits per heavy atom. The molecule has 0 aliphatic heterocycles. The molecular formula is C14H20FNO3. The van der Waals surface area contributed by atoms with Crippen molar-refractivity contribution < 1.29 is 19.0 Å². The van der Waals surface area contributed by atoms with Crippen LogP contribution in [0.25, 0.3) is 0 Å². The standard InChI is InChI=1S/C14H20FNO3/c1-9(2)16-14(4,13(17)18)8-19-11-6-5-10(3)12(15)7-11/h5-7,9,16H,8H2,1-4H3,(H,17,18). The second-order valence-electron chi connectivity index (χ2n) is 5.14. The highest BCUT2D eigenvalue weighted by molar-refractivity contribution is 5.78. The van der Waals surface area contributed by atoms with Gasteiger partial charge in [-0.05, 0) is 39.3 Å². The molecule has 19 heavy (non-hydrogen) atoms. The summed E-state index contributed by atoms with van der Waals surface area (Å²) in [7, 11) is 0. The van der Waals surface area contributed by atoms with Gasteiger partial charge in [0.25, 0.3) is 0 Å². The molecule has 0 bridgehead atoms. The molecule has 0 radical (unpaired) electrons. The third kappa shape index (κ3) is 4.21. The normalized spacial score (nSPS) is 14.2. The van der Waals surface area contributed by atoms with Gasteiger partial charge in [0.2, 0.25) is 0 Å². The minimum Gasteiger partial charge on any atom is -0.491 e. The van der Waals surface area contributed by atoms with E-state index in [4.69, 9.17) is 4.74 Å². The predicted octanol–water partition coefficient (Wildman–Crippen LogP) is 2.35. The van der Waals surface area contributed by atoms with E-state index in [1.807, 2.05) is 13.8 Å². The molecule has 0 aliphatic carbocycles. The van der Waals surface area contributed by atoms with Crippen molar-refractivity contribution in [3.63, 3.8) is 0 Å². The van der Waals surface area contributed by atoms with Gasteiger partial charge in [0, 0.05) is 12.1 Å². The molecule has 0 aromatic heterocycles. The highest BCUT2D eigenvalue weighted by Gasteiger charge is 2.34. The lowest BCUT2D eigenvalue weighted by Gasteiger charge is -2.28. The van der Waals surface area contributed by atoms with Crippen molar-refractivity contribution in [3.05, 3.63) is 29.6 Å². The number of aryl methyl sites for hydroxylation is 1. The molecule has 0 aliphatic rings. The maximum Gasteiger partial charge on any atom is 0.327 e. The van der Waals surface area contributed by atoms with Crippen molar-refractivity contribution in [2.45, 2.75) is 39.3 Å². The summed E-state index contributed by atoms with van der Waals surface area (Å²) in [5.41, 5.74) is -0.691. The smallest absolute Gasteiger partial charge is 0.327 e. The number of hydrogen-bond donors (Lipinski definition) is 2. The van der Waals surface area contributed by atoms with Crippen LogP contribution >= 0.6 is 0 Å². The van der Waals surface area contributed by atoms with Crippen molar-refractivity contribution in [1.82, 2.24) is 5.32 Å². The van der Waals surface area contributed by atoms with E-state index in [1.54, 1.807) is 26.0 Å². The average molecular weight is 269 g/mol. The van der Waals surface area contributed by atoms with E-state index < -0.39 is 11.5 Å². The topological polar surface area (TPSA) is 58.6 Å². The van der Waals surface area contributed by atoms with E-state index in [0.29, 0.717) is 11.3 Å². The summed E-state index contributed by atoms with van der Waals surface area (Å²) < 4.78 is 18.7. The van der Waals surface area contributed by atoms with Crippen LogP contribution in [0.15, 0.2) is 18.2 Å². The fraction of sp³-hybridized carbons (Fsp3) is 0.500. The summed E-state index contributed by atoms with van der Waals surface area (Å²) in [6.45, 7) is 6.82. The molecular weight excluding hydrogens is 249 g/mol. The number of carboxylic acids is 1. The monoisotopic (exact) mass is 269 g/mol. The van der Waals surface area contributed by atoms with Crippen molar-refractivity contribution >= 4 is 5.97 Å². The van der Waals surface area contributed by atoms with E-state index in [2.05, 4.69) is 5.32 Å². The molecule has 0 saturated carbocycles. The minimum atomic E-state index is -1.21. The molecule has 1 atom stereocenters. The number of hydrogen-bond acceptors (Lipinski definition) is 3. The van der Waals surface area contributed by atoms with Crippen molar-refractivity contribution in [1.29, 1.82) is 0 Å². The predicted molar refractivity (Wildman–Crippen MR) is 70.9 cm³/mol. The fourth-order valence-corrected chi connectivity index (χ4v) is 1.69. The van der Waals surface area contributed by atoms with Gasteiger partial charge in [-0.25, -0.2) is 4.39 Å². The molecule has 4 nitrogen and oxygen atoms in total.